The fourth-order valence-corrected chi connectivity index (χ4v) is 4.23. The smallest absolute Gasteiger partial charge is 0.0160 e. The molecule has 1 saturated carbocycles. The Hall–Kier alpha value is 0.310. The monoisotopic (exact) mass is 241 g/mol. The van der Waals surface area contributed by atoms with Crippen LogP contribution in [0.4, 0.5) is 0 Å². The van der Waals surface area contributed by atoms with Crippen molar-refractivity contribution in [3.63, 3.8) is 0 Å². The molecule has 0 aromatic carbocycles. The van der Waals surface area contributed by atoms with Crippen molar-refractivity contribution in [2.24, 2.45) is 5.92 Å². The predicted molar refractivity (Wildman–Crippen MR) is 74.1 cm³/mol. The zero-order chi connectivity index (χ0) is 11.2. The van der Waals surface area contributed by atoms with Crippen LogP contribution in [0.25, 0.3) is 0 Å². The molecule has 2 unspecified atom stereocenters. The van der Waals surface area contributed by atoms with Crippen LogP contribution in [0.15, 0.2) is 0 Å². The molecule has 94 valence electrons. The molecule has 0 radical (unpaired) electrons. The maximum Gasteiger partial charge on any atom is 0.0160 e. The number of hydrogen-bond acceptors (Lipinski definition) is 2. The van der Waals surface area contributed by atoms with Gasteiger partial charge in [0.05, 0.1) is 0 Å². The highest BCUT2D eigenvalue weighted by atomic mass is 32.2. The van der Waals surface area contributed by atoms with E-state index in [1.807, 2.05) is 0 Å². The Morgan fingerprint density at radius 3 is 2.69 bits per heavy atom. The lowest BCUT2D eigenvalue weighted by molar-refractivity contribution is 0.383. The summed E-state index contributed by atoms with van der Waals surface area (Å²) in [6.45, 7) is 2.38. The fraction of sp³-hybridized carbons (Fsp3) is 1.00. The summed E-state index contributed by atoms with van der Waals surface area (Å²) in [4.78, 5) is 0. The van der Waals surface area contributed by atoms with Crippen molar-refractivity contribution in [3.05, 3.63) is 0 Å². The van der Waals surface area contributed by atoms with Crippen LogP contribution in [0, 0.1) is 5.92 Å². The van der Waals surface area contributed by atoms with Gasteiger partial charge in [0, 0.05) is 17.8 Å². The highest BCUT2D eigenvalue weighted by Gasteiger charge is 2.18. The SMILES string of the molecule is CC(CCC1CCCC1)NC1CCCSC1. The third-order valence-electron chi connectivity index (χ3n) is 4.16. The minimum atomic E-state index is 0.740. The maximum atomic E-state index is 3.82. The third kappa shape index (κ3) is 4.29. The Bertz CT molecular complexity index is 183. The lowest BCUT2D eigenvalue weighted by Gasteiger charge is -2.26. The molecule has 2 rings (SSSR count). The van der Waals surface area contributed by atoms with Gasteiger partial charge in [-0.2, -0.15) is 11.8 Å². The van der Waals surface area contributed by atoms with Crippen LogP contribution in [0.5, 0.6) is 0 Å². The molecular formula is C14H27NS. The van der Waals surface area contributed by atoms with E-state index in [0.29, 0.717) is 0 Å². The molecule has 0 spiro atoms. The number of thioether (sulfide) groups is 1. The van der Waals surface area contributed by atoms with Crippen molar-refractivity contribution in [3.8, 4) is 0 Å². The van der Waals surface area contributed by atoms with Crippen LogP contribution in [-0.4, -0.2) is 23.6 Å². The number of nitrogens with one attached hydrogen (secondary N) is 1. The molecule has 1 aliphatic carbocycles. The lowest BCUT2D eigenvalue weighted by Crippen LogP contribution is -2.39. The molecule has 2 aliphatic rings. The van der Waals surface area contributed by atoms with Gasteiger partial charge in [0.25, 0.3) is 0 Å². The van der Waals surface area contributed by atoms with Crippen LogP contribution >= 0.6 is 11.8 Å². The van der Waals surface area contributed by atoms with Crippen molar-refractivity contribution in [1.82, 2.24) is 5.32 Å². The van der Waals surface area contributed by atoms with E-state index in [9.17, 15) is 0 Å². The summed E-state index contributed by atoms with van der Waals surface area (Å²) < 4.78 is 0. The molecule has 2 atom stereocenters. The molecule has 1 N–H and O–H groups in total. The van der Waals surface area contributed by atoms with E-state index in [0.717, 1.165) is 18.0 Å². The number of hydrogen-bond donors (Lipinski definition) is 1. The van der Waals surface area contributed by atoms with Gasteiger partial charge in [0.2, 0.25) is 0 Å². The van der Waals surface area contributed by atoms with Gasteiger partial charge in [-0.25, -0.2) is 0 Å². The van der Waals surface area contributed by atoms with E-state index in [2.05, 4.69) is 24.0 Å². The van der Waals surface area contributed by atoms with Crippen molar-refractivity contribution in [2.45, 2.75) is 70.4 Å². The summed E-state index contributed by atoms with van der Waals surface area (Å²) in [5.74, 6) is 3.78. The summed E-state index contributed by atoms with van der Waals surface area (Å²) in [5, 5.41) is 3.82. The second-order valence-corrected chi connectivity index (χ2v) is 6.86. The van der Waals surface area contributed by atoms with Gasteiger partial charge in [-0.05, 0) is 44.3 Å². The molecule has 1 aliphatic heterocycles. The summed E-state index contributed by atoms with van der Waals surface area (Å²) in [6.07, 6.45) is 11.7. The molecule has 1 saturated heterocycles. The molecule has 16 heavy (non-hydrogen) atoms. The van der Waals surface area contributed by atoms with Crippen LogP contribution in [0.1, 0.15) is 58.3 Å². The van der Waals surface area contributed by atoms with Gasteiger partial charge in [-0.15, -0.1) is 0 Å². The highest BCUT2D eigenvalue weighted by Crippen LogP contribution is 2.29. The molecule has 1 nitrogen and oxygen atoms in total. The molecule has 0 aromatic rings. The Morgan fingerprint density at radius 1 is 1.19 bits per heavy atom. The summed E-state index contributed by atoms with van der Waals surface area (Å²) in [6, 6.07) is 1.54. The normalized spacial score (nSPS) is 29.4. The molecule has 2 heteroatoms. The van der Waals surface area contributed by atoms with Gasteiger partial charge < -0.3 is 5.32 Å². The average molecular weight is 241 g/mol. The Morgan fingerprint density at radius 2 is 2.00 bits per heavy atom. The molecule has 0 bridgehead atoms. The van der Waals surface area contributed by atoms with Gasteiger partial charge in [-0.3, -0.25) is 0 Å². The van der Waals surface area contributed by atoms with Gasteiger partial charge in [0.15, 0.2) is 0 Å². The Balaban J connectivity index is 1.57. The minimum Gasteiger partial charge on any atom is -0.311 e. The van der Waals surface area contributed by atoms with Crippen molar-refractivity contribution in [2.75, 3.05) is 11.5 Å². The van der Waals surface area contributed by atoms with Gasteiger partial charge >= 0.3 is 0 Å². The zero-order valence-corrected chi connectivity index (χ0v) is 11.5. The first-order valence-electron chi connectivity index (χ1n) is 7.18. The minimum absolute atomic E-state index is 0.740. The molecule has 0 amide bonds. The predicted octanol–water partition coefficient (Wildman–Crippen LogP) is 3.83. The zero-order valence-electron chi connectivity index (χ0n) is 10.7. The van der Waals surface area contributed by atoms with Gasteiger partial charge in [-0.1, -0.05) is 25.7 Å². The van der Waals surface area contributed by atoms with E-state index in [4.69, 9.17) is 0 Å². The van der Waals surface area contributed by atoms with E-state index in [1.165, 1.54) is 62.9 Å². The molecule has 1 heterocycles. The Labute approximate surface area is 105 Å². The maximum absolute atomic E-state index is 3.82. The van der Waals surface area contributed by atoms with E-state index in [-0.39, 0.29) is 0 Å². The summed E-state index contributed by atoms with van der Waals surface area (Å²) in [5.41, 5.74) is 0. The lowest BCUT2D eigenvalue weighted by atomic mass is 9.98. The number of rotatable bonds is 5. The van der Waals surface area contributed by atoms with E-state index >= 15 is 0 Å². The van der Waals surface area contributed by atoms with Crippen LogP contribution in [-0.2, 0) is 0 Å². The van der Waals surface area contributed by atoms with Gasteiger partial charge in [0.1, 0.15) is 0 Å². The quantitative estimate of drug-likeness (QED) is 0.785. The topological polar surface area (TPSA) is 12.0 Å². The summed E-state index contributed by atoms with van der Waals surface area (Å²) >= 11 is 2.13. The molecule has 2 fully saturated rings. The van der Waals surface area contributed by atoms with Crippen molar-refractivity contribution < 1.29 is 0 Å². The highest BCUT2D eigenvalue weighted by molar-refractivity contribution is 7.99. The van der Waals surface area contributed by atoms with Crippen molar-refractivity contribution in [1.29, 1.82) is 0 Å². The molecular weight excluding hydrogens is 214 g/mol. The Kier molecular flexibility index (Phi) is 5.51. The van der Waals surface area contributed by atoms with Crippen LogP contribution in [0.3, 0.4) is 0 Å². The van der Waals surface area contributed by atoms with E-state index < -0.39 is 0 Å². The third-order valence-corrected chi connectivity index (χ3v) is 5.38. The van der Waals surface area contributed by atoms with E-state index in [1.54, 1.807) is 0 Å². The van der Waals surface area contributed by atoms with Crippen LogP contribution in [0.2, 0.25) is 0 Å². The first-order chi connectivity index (χ1) is 7.84. The molecule has 0 aromatic heterocycles. The largest absolute Gasteiger partial charge is 0.311 e. The fourth-order valence-electron chi connectivity index (χ4n) is 3.14. The second kappa shape index (κ2) is 6.90. The average Bonchev–Trinajstić information content (AvgIpc) is 2.81. The first kappa shape index (κ1) is 12.8. The van der Waals surface area contributed by atoms with Crippen molar-refractivity contribution >= 4 is 11.8 Å². The second-order valence-electron chi connectivity index (χ2n) is 5.71. The van der Waals surface area contributed by atoms with Crippen LogP contribution < -0.4 is 5.32 Å². The summed E-state index contributed by atoms with van der Waals surface area (Å²) in [7, 11) is 0. The standard InChI is InChI=1S/C14H27NS/c1-12(8-9-13-5-2-3-6-13)15-14-7-4-10-16-11-14/h12-15H,2-11H2,1H3. The first-order valence-corrected chi connectivity index (χ1v) is 8.34.